The molecule has 0 bridgehead atoms. The Kier molecular flexibility index (Phi) is 5.72. The van der Waals surface area contributed by atoms with Gasteiger partial charge in [0, 0.05) is 13.1 Å². The zero-order chi connectivity index (χ0) is 17.5. The molecule has 1 N–H and O–H groups in total. The van der Waals surface area contributed by atoms with Crippen molar-refractivity contribution in [3.05, 3.63) is 42.6 Å². The average molecular weight is 341 g/mol. The Morgan fingerprint density at radius 1 is 1.16 bits per heavy atom. The van der Waals surface area contributed by atoms with Gasteiger partial charge >= 0.3 is 0 Å². The molecule has 25 heavy (non-hydrogen) atoms. The summed E-state index contributed by atoms with van der Waals surface area (Å²) in [6, 6.07) is 11.2. The number of para-hydroxylation sites is 2. The Hall–Kier alpha value is -2.76. The zero-order valence-corrected chi connectivity index (χ0v) is 14.4. The number of aromatic nitrogens is 1. The Labute approximate surface area is 147 Å². The molecule has 2 heterocycles. The van der Waals surface area contributed by atoms with E-state index in [2.05, 4.69) is 15.2 Å². The first kappa shape index (κ1) is 17.1. The molecule has 0 atom stereocenters. The van der Waals surface area contributed by atoms with Crippen molar-refractivity contribution in [2.45, 2.75) is 19.3 Å². The number of carbonyl (C=O) groups is 1. The molecule has 1 aromatic heterocycles. The Morgan fingerprint density at radius 2 is 1.92 bits per heavy atom. The van der Waals surface area contributed by atoms with Crippen LogP contribution in [0.5, 0.6) is 11.5 Å². The summed E-state index contributed by atoms with van der Waals surface area (Å²) in [5.74, 6) is 2.15. The van der Waals surface area contributed by atoms with Gasteiger partial charge in [-0.3, -0.25) is 4.79 Å². The number of anilines is 2. The molecule has 0 spiro atoms. The number of carbonyl (C=O) groups excluding carboxylic acids is 1. The first-order valence-corrected chi connectivity index (χ1v) is 8.53. The summed E-state index contributed by atoms with van der Waals surface area (Å²) in [4.78, 5) is 18.7. The SMILES string of the molecule is COc1ccccc1OCCC(=O)Nc1ccc(N2CCCC2)nc1. The van der Waals surface area contributed by atoms with Crippen LogP contribution in [-0.4, -0.2) is 37.7 Å². The van der Waals surface area contributed by atoms with Gasteiger partial charge in [-0.05, 0) is 37.1 Å². The number of amides is 1. The van der Waals surface area contributed by atoms with Crippen molar-refractivity contribution >= 4 is 17.4 Å². The summed E-state index contributed by atoms with van der Waals surface area (Å²) < 4.78 is 10.8. The second-order valence-corrected chi connectivity index (χ2v) is 5.90. The molecule has 1 fully saturated rings. The molecular weight excluding hydrogens is 318 g/mol. The van der Waals surface area contributed by atoms with Crippen LogP contribution in [0.1, 0.15) is 19.3 Å². The lowest BCUT2D eigenvalue weighted by Crippen LogP contribution is -2.19. The smallest absolute Gasteiger partial charge is 0.227 e. The van der Waals surface area contributed by atoms with E-state index in [0.29, 0.717) is 17.2 Å². The zero-order valence-electron chi connectivity index (χ0n) is 14.4. The maximum atomic E-state index is 12.0. The van der Waals surface area contributed by atoms with Gasteiger partial charge in [-0.1, -0.05) is 12.1 Å². The molecule has 132 valence electrons. The largest absolute Gasteiger partial charge is 0.493 e. The number of nitrogens with zero attached hydrogens (tertiary/aromatic N) is 2. The van der Waals surface area contributed by atoms with E-state index in [9.17, 15) is 4.79 Å². The van der Waals surface area contributed by atoms with Crippen LogP contribution < -0.4 is 19.7 Å². The quantitative estimate of drug-likeness (QED) is 0.838. The monoisotopic (exact) mass is 341 g/mol. The van der Waals surface area contributed by atoms with Gasteiger partial charge in [0.15, 0.2) is 11.5 Å². The number of hydrogen-bond donors (Lipinski definition) is 1. The van der Waals surface area contributed by atoms with Crippen LogP contribution in [0.4, 0.5) is 11.5 Å². The number of nitrogens with one attached hydrogen (secondary N) is 1. The van der Waals surface area contributed by atoms with Gasteiger partial charge in [0.2, 0.25) is 5.91 Å². The molecule has 1 amide bonds. The maximum absolute atomic E-state index is 12.0. The van der Waals surface area contributed by atoms with Crippen molar-refractivity contribution in [1.82, 2.24) is 4.98 Å². The van der Waals surface area contributed by atoms with Crippen LogP contribution in [0.3, 0.4) is 0 Å². The van der Waals surface area contributed by atoms with E-state index in [-0.39, 0.29) is 18.9 Å². The third kappa shape index (κ3) is 4.62. The molecule has 0 radical (unpaired) electrons. The van der Waals surface area contributed by atoms with Crippen molar-refractivity contribution in [3.8, 4) is 11.5 Å². The van der Waals surface area contributed by atoms with E-state index in [1.807, 2.05) is 36.4 Å². The minimum atomic E-state index is -0.106. The van der Waals surface area contributed by atoms with Crippen molar-refractivity contribution in [2.75, 3.05) is 37.0 Å². The molecule has 1 aromatic carbocycles. The van der Waals surface area contributed by atoms with Crippen LogP contribution in [-0.2, 0) is 4.79 Å². The van der Waals surface area contributed by atoms with E-state index >= 15 is 0 Å². The lowest BCUT2D eigenvalue weighted by Gasteiger charge is -2.16. The van der Waals surface area contributed by atoms with E-state index in [1.165, 1.54) is 12.8 Å². The standard InChI is InChI=1S/C19H23N3O3/c1-24-16-6-2-3-7-17(16)25-13-10-19(23)21-15-8-9-18(20-14-15)22-11-4-5-12-22/h2-3,6-9,14H,4-5,10-13H2,1H3,(H,21,23). The van der Waals surface area contributed by atoms with Crippen LogP contribution in [0.25, 0.3) is 0 Å². The first-order valence-electron chi connectivity index (χ1n) is 8.53. The second kappa shape index (κ2) is 8.37. The maximum Gasteiger partial charge on any atom is 0.227 e. The number of ether oxygens (including phenoxy) is 2. The summed E-state index contributed by atoms with van der Waals surface area (Å²) in [5, 5.41) is 2.84. The van der Waals surface area contributed by atoms with Crippen molar-refractivity contribution < 1.29 is 14.3 Å². The number of rotatable bonds is 7. The number of pyridine rings is 1. The molecule has 0 aliphatic carbocycles. The molecule has 6 heteroatoms. The minimum absolute atomic E-state index is 0.106. The van der Waals surface area contributed by atoms with Gasteiger partial charge in [0.05, 0.1) is 32.0 Å². The highest BCUT2D eigenvalue weighted by molar-refractivity contribution is 5.90. The summed E-state index contributed by atoms with van der Waals surface area (Å²) in [6.45, 7) is 2.39. The Morgan fingerprint density at radius 3 is 2.60 bits per heavy atom. The van der Waals surface area contributed by atoms with E-state index in [1.54, 1.807) is 13.3 Å². The topological polar surface area (TPSA) is 63.7 Å². The Bertz CT molecular complexity index is 697. The lowest BCUT2D eigenvalue weighted by molar-refractivity contribution is -0.116. The minimum Gasteiger partial charge on any atom is -0.493 e. The summed E-state index contributed by atoms with van der Waals surface area (Å²) in [5.41, 5.74) is 0.699. The predicted molar refractivity (Wildman–Crippen MR) is 97.4 cm³/mol. The molecule has 1 aliphatic heterocycles. The van der Waals surface area contributed by atoms with Crippen LogP contribution in [0, 0.1) is 0 Å². The van der Waals surface area contributed by atoms with Gasteiger partial charge in [-0.15, -0.1) is 0 Å². The fourth-order valence-electron chi connectivity index (χ4n) is 2.81. The second-order valence-electron chi connectivity index (χ2n) is 5.90. The molecule has 2 aromatic rings. The highest BCUT2D eigenvalue weighted by atomic mass is 16.5. The van der Waals surface area contributed by atoms with Gasteiger partial charge in [0.25, 0.3) is 0 Å². The molecular formula is C19H23N3O3. The number of methoxy groups -OCH3 is 1. The molecule has 0 unspecified atom stereocenters. The van der Waals surface area contributed by atoms with Gasteiger partial charge in [-0.2, -0.15) is 0 Å². The van der Waals surface area contributed by atoms with Gasteiger partial charge in [0.1, 0.15) is 5.82 Å². The van der Waals surface area contributed by atoms with Gasteiger partial charge in [-0.25, -0.2) is 4.98 Å². The highest BCUT2D eigenvalue weighted by Gasteiger charge is 2.13. The average Bonchev–Trinajstić information content (AvgIpc) is 3.17. The number of benzene rings is 1. The fourth-order valence-corrected chi connectivity index (χ4v) is 2.81. The third-order valence-corrected chi connectivity index (χ3v) is 4.12. The summed E-state index contributed by atoms with van der Waals surface area (Å²) in [6.07, 6.45) is 4.39. The third-order valence-electron chi connectivity index (χ3n) is 4.12. The van der Waals surface area contributed by atoms with E-state index in [0.717, 1.165) is 18.9 Å². The predicted octanol–water partition coefficient (Wildman–Crippen LogP) is 3.10. The molecule has 1 aliphatic rings. The Balaban J connectivity index is 1.46. The van der Waals surface area contributed by atoms with Crippen molar-refractivity contribution in [2.24, 2.45) is 0 Å². The van der Waals surface area contributed by atoms with E-state index in [4.69, 9.17) is 9.47 Å². The molecule has 0 saturated carbocycles. The van der Waals surface area contributed by atoms with Crippen LogP contribution in [0.15, 0.2) is 42.6 Å². The van der Waals surface area contributed by atoms with Crippen LogP contribution in [0.2, 0.25) is 0 Å². The van der Waals surface area contributed by atoms with Crippen LogP contribution >= 0.6 is 0 Å². The van der Waals surface area contributed by atoms with Crippen molar-refractivity contribution in [3.63, 3.8) is 0 Å². The highest BCUT2D eigenvalue weighted by Crippen LogP contribution is 2.25. The van der Waals surface area contributed by atoms with E-state index < -0.39 is 0 Å². The molecule has 3 rings (SSSR count). The summed E-state index contributed by atoms with van der Waals surface area (Å²) >= 11 is 0. The number of hydrogen-bond acceptors (Lipinski definition) is 5. The first-order chi connectivity index (χ1) is 12.3. The fraction of sp³-hybridized carbons (Fsp3) is 0.368. The molecule has 6 nitrogen and oxygen atoms in total. The summed E-state index contributed by atoms with van der Waals surface area (Å²) in [7, 11) is 1.59. The van der Waals surface area contributed by atoms with Crippen molar-refractivity contribution in [1.29, 1.82) is 0 Å². The molecule has 1 saturated heterocycles. The van der Waals surface area contributed by atoms with Gasteiger partial charge < -0.3 is 19.7 Å². The normalized spacial score (nSPS) is 13.6. The lowest BCUT2D eigenvalue weighted by atomic mass is 10.3.